The molecule has 4 atom stereocenters. The van der Waals surface area contributed by atoms with Crippen molar-refractivity contribution in [2.45, 2.75) is 44.2 Å². The first kappa shape index (κ1) is 16.2. The quantitative estimate of drug-likeness (QED) is 0.524. The van der Waals surface area contributed by atoms with Crippen LogP contribution >= 0.6 is 0 Å². The Bertz CT molecular complexity index is 588. The van der Waals surface area contributed by atoms with Gasteiger partial charge in [0.1, 0.15) is 0 Å². The van der Waals surface area contributed by atoms with Gasteiger partial charge in [-0.05, 0) is 24.9 Å². The number of ether oxygens (including phenoxy) is 1. The van der Waals surface area contributed by atoms with Crippen molar-refractivity contribution in [2.75, 3.05) is 13.2 Å². The number of benzene rings is 1. The van der Waals surface area contributed by atoms with Crippen LogP contribution in [0.15, 0.2) is 35.4 Å². The molecule has 7 nitrogen and oxygen atoms in total. The summed E-state index contributed by atoms with van der Waals surface area (Å²) < 4.78 is 6.13. The lowest BCUT2D eigenvalue weighted by Gasteiger charge is -2.55. The third-order valence-electron chi connectivity index (χ3n) is 4.75. The summed E-state index contributed by atoms with van der Waals surface area (Å²) in [4.78, 5) is 8.75. The predicted molar refractivity (Wildman–Crippen MR) is 84.2 cm³/mol. The molecule has 0 unspecified atom stereocenters. The Balaban J connectivity index is 1.84. The second-order valence-electron chi connectivity index (χ2n) is 6.62. The highest BCUT2D eigenvalue weighted by atomic mass is 16.7. The lowest BCUT2D eigenvalue weighted by Crippen LogP contribution is -2.69. The molecule has 2 fully saturated rings. The fourth-order valence-electron chi connectivity index (χ4n) is 3.51. The van der Waals surface area contributed by atoms with Crippen LogP contribution in [0.3, 0.4) is 0 Å². The van der Waals surface area contributed by atoms with Crippen molar-refractivity contribution in [3.05, 3.63) is 46.3 Å². The topological polar surface area (TPSA) is 90.7 Å². The molecule has 2 aliphatic rings. The Kier molecular flexibility index (Phi) is 4.57. The second-order valence-corrected chi connectivity index (χ2v) is 6.62. The molecule has 1 aromatic carbocycles. The summed E-state index contributed by atoms with van der Waals surface area (Å²) in [6.45, 7) is 5.01. The summed E-state index contributed by atoms with van der Waals surface area (Å²) in [5, 5.41) is 16.2. The smallest absolute Gasteiger partial charge is 0.0883 e. The van der Waals surface area contributed by atoms with Crippen LogP contribution in [0, 0.1) is 5.92 Å². The summed E-state index contributed by atoms with van der Waals surface area (Å²) in [6.07, 6.45) is -0.994. The molecule has 0 aromatic heterocycles. The minimum Gasteiger partial charge on any atom is -0.391 e. The Morgan fingerprint density at radius 1 is 1.39 bits per heavy atom. The van der Waals surface area contributed by atoms with Gasteiger partial charge in [0.2, 0.25) is 0 Å². The van der Waals surface area contributed by atoms with Gasteiger partial charge in [-0.3, -0.25) is 4.84 Å². The van der Waals surface area contributed by atoms with E-state index in [2.05, 4.69) is 10.0 Å². The van der Waals surface area contributed by atoms with Crippen LogP contribution in [0.2, 0.25) is 0 Å². The fraction of sp³-hybridized carbons (Fsp3) is 0.625. The van der Waals surface area contributed by atoms with Gasteiger partial charge in [-0.2, -0.15) is 5.06 Å². The largest absolute Gasteiger partial charge is 0.391 e. The zero-order valence-electron chi connectivity index (χ0n) is 13.4. The second kappa shape index (κ2) is 6.47. The highest BCUT2D eigenvalue weighted by Crippen LogP contribution is 2.40. The summed E-state index contributed by atoms with van der Waals surface area (Å²) in [7, 11) is 0. The first-order chi connectivity index (χ1) is 11.0. The number of hydrogen-bond acceptors (Lipinski definition) is 5. The fourth-order valence-corrected chi connectivity index (χ4v) is 3.51. The number of fused-ring (bicyclic) bond motifs is 2. The molecule has 0 saturated carbocycles. The van der Waals surface area contributed by atoms with Gasteiger partial charge in [0.25, 0.3) is 0 Å². The first-order valence-corrected chi connectivity index (χ1v) is 7.83. The molecule has 2 saturated heterocycles. The van der Waals surface area contributed by atoms with Crippen molar-refractivity contribution in [1.29, 1.82) is 0 Å². The molecule has 0 spiro atoms. The highest BCUT2D eigenvalue weighted by molar-refractivity contribution is 5.15. The highest BCUT2D eigenvalue weighted by Gasteiger charge is 2.54. The van der Waals surface area contributed by atoms with E-state index in [1.54, 1.807) is 5.06 Å². The van der Waals surface area contributed by atoms with Crippen molar-refractivity contribution in [2.24, 2.45) is 11.0 Å². The molecule has 0 amide bonds. The zero-order valence-corrected chi connectivity index (χ0v) is 13.4. The monoisotopic (exact) mass is 318 g/mol. The third-order valence-corrected chi connectivity index (χ3v) is 4.75. The number of azide groups is 1. The Morgan fingerprint density at radius 3 is 2.83 bits per heavy atom. The van der Waals surface area contributed by atoms with E-state index in [9.17, 15) is 5.11 Å². The molecular weight excluding hydrogens is 296 g/mol. The minimum absolute atomic E-state index is 0.109. The van der Waals surface area contributed by atoms with Gasteiger partial charge in [-0.25, -0.2) is 0 Å². The van der Waals surface area contributed by atoms with Crippen LogP contribution in [-0.4, -0.2) is 47.2 Å². The van der Waals surface area contributed by atoms with Gasteiger partial charge >= 0.3 is 0 Å². The van der Waals surface area contributed by atoms with Crippen LogP contribution in [0.25, 0.3) is 10.4 Å². The number of hydrogen-bond donors (Lipinski definition) is 1. The first-order valence-electron chi connectivity index (χ1n) is 7.83. The molecule has 1 N–H and O–H groups in total. The molecule has 0 aliphatic carbocycles. The lowest BCUT2D eigenvalue weighted by molar-refractivity contribution is -0.345. The Hall–Kier alpha value is -1.63. The molecule has 124 valence electrons. The third kappa shape index (κ3) is 3.20. The van der Waals surface area contributed by atoms with Gasteiger partial charge in [-0.1, -0.05) is 35.4 Å². The number of aliphatic hydroxyl groups excluding tert-OH is 1. The molecule has 23 heavy (non-hydrogen) atoms. The van der Waals surface area contributed by atoms with Crippen molar-refractivity contribution in [1.82, 2.24) is 5.06 Å². The van der Waals surface area contributed by atoms with E-state index in [0.717, 1.165) is 5.56 Å². The number of aliphatic hydroxyl groups is 1. The van der Waals surface area contributed by atoms with E-state index in [-0.39, 0.29) is 18.5 Å². The molecule has 1 aromatic rings. The zero-order chi connectivity index (χ0) is 16.4. The Labute approximate surface area is 135 Å². The SMILES string of the molecule is CC1(C)O[C@@H](CN=[N+]=[N-])[C@@H]2[C@H](O)[C@H]1CON2Cc1ccccc1. The number of nitrogens with zero attached hydrogens (tertiary/aromatic N) is 4. The summed E-state index contributed by atoms with van der Waals surface area (Å²) in [5.74, 6) is -0.109. The summed E-state index contributed by atoms with van der Waals surface area (Å²) >= 11 is 0. The predicted octanol–water partition coefficient (Wildman–Crippen LogP) is 2.27. The molecule has 2 aliphatic heterocycles. The normalized spacial score (nSPS) is 33.0. The van der Waals surface area contributed by atoms with Crippen molar-refractivity contribution in [3.8, 4) is 0 Å². The molecular formula is C16H22N4O3. The van der Waals surface area contributed by atoms with Gasteiger partial charge in [0.15, 0.2) is 0 Å². The molecule has 7 heteroatoms. The van der Waals surface area contributed by atoms with E-state index in [4.69, 9.17) is 15.1 Å². The maximum Gasteiger partial charge on any atom is 0.0883 e. The van der Waals surface area contributed by atoms with E-state index in [1.165, 1.54) is 0 Å². The molecule has 2 heterocycles. The van der Waals surface area contributed by atoms with Gasteiger partial charge < -0.3 is 9.84 Å². The maximum atomic E-state index is 10.8. The van der Waals surface area contributed by atoms with Gasteiger partial charge in [-0.15, -0.1) is 0 Å². The maximum absolute atomic E-state index is 10.8. The van der Waals surface area contributed by atoms with Gasteiger partial charge in [0, 0.05) is 17.4 Å². The molecule has 3 rings (SSSR count). The van der Waals surface area contributed by atoms with Gasteiger partial charge in [0.05, 0.1) is 37.0 Å². The van der Waals surface area contributed by atoms with E-state index >= 15 is 0 Å². The summed E-state index contributed by atoms with van der Waals surface area (Å²) in [5.41, 5.74) is 9.18. The Morgan fingerprint density at radius 2 is 2.13 bits per heavy atom. The molecule has 2 bridgehead atoms. The summed E-state index contributed by atoms with van der Waals surface area (Å²) in [6, 6.07) is 9.57. The van der Waals surface area contributed by atoms with Crippen LogP contribution in [0.5, 0.6) is 0 Å². The van der Waals surface area contributed by atoms with Crippen LogP contribution < -0.4 is 0 Å². The van der Waals surface area contributed by atoms with Crippen molar-refractivity contribution in [3.63, 3.8) is 0 Å². The van der Waals surface area contributed by atoms with Crippen LogP contribution in [-0.2, 0) is 16.1 Å². The minimum atomic E-state index is -0.588. The van der Waals surface area contributed by atoms with E-state index in [0.29, 0.717) is 13.2 Å². The lowest BCUT2D eigenvalue weighted by atomic mass is 9.77. The number of hydroxylamine groups is 2. The molecule has 0 radical (unpaired) electrons. The number of rotatable bonds is 4. The van der Waals surface area contributed by atoms with Crippen LogP contribution in [0.1, 0.15) is 19.4 Å². The van der Waals surface area contributed by atoms with E-state index in [1.807, 2.05) is 44.2 Å². The van der Waals surface area contributed by atoms with Crippen molar-refractivity contribution >= 4 is 0 Å². The van der Waals surface area contributed by atoms with Crippen LogP contribution in [0.4, 0.5) is 0 Å². The standard InChI is InChI=1S/C16H22N4O3/c1-16(2)12-10-22-20(9-11-6-4-3-5-7-11)14(15(12)21)13(23-16)8-18-19-17/h3-7,12-15,21H,8-10H2,1-2H3/t12-,13+,14-,15-/m1/s1. The average Bonchev–Trinajstić information content (AvgIpc) is 2.51. The van der Waals surface area contributed by atoms with E-state index < -0.39 is 17.8 Å². The van der Waals surface area contributed by atoms with Crippen molar-refractivity contribution < 1.29 is 14.7 Å². The average molecular weight is 318 g/mol.